The number of benzene rings is 1. The van der Waals surface area contributed by atoms with Crippen LogP contribution < -0.4 is 11.1 Å². The number of aromatic amines is 1. The van der Waals surface area contributed by atoms with Crippen molar-refractivity contribution >= 4 is 33.4 Å². The molecule has 0 saturated carbocycles. The SMILES string of the molecule is CCNc1cc(F)cc2c1[nH]c1ncc(-c3ccc(N)nc3)c(-n3ccc(C(F)(F)F)n3)c12. The number of H-pyrrole nitrogens is 1. The van der Waals surface area contributed by atoms with E-state index >= 15 is 0 Å². The zero-order valence-electron chi connectivity index (χ0n) is 17.2. The molecule has 0 bridgehead atoms. The Balaban J connectivity index is 1.89. The van der Waals surface area contributed by atoms with Crippen LogP contribution in [0.4, 0.5) is 29.1 Å². The van der Waals surface area contributed by atoms with E-state index in [0.29, 0.717) is 51.0 Å². The topological polar surface area (TPSA) is 97.4 Å². The van der Waals surface area contributed by atoms with Crippen LogP contribution in [0.3, 0.4) is 0 Å². The van der Waals surface area contributed by atoms with Crippen molar-refractivity contribution in [1.82, 2.24) is 24.7 Å². The molecule has 0 radical (unpaired) electrons. The third-order valence-electron chi connectivity index (χ3n) is 5.24. The zero-order chi connectivity index (χ0) is 23.3. The summed E-state index contributed by atoms with van der Waals surface area (Å²) in [6.45, 7) is 2.42. The second kappa shape index (κ2) is 7.47. The molecule has 0 aliphatic heterocycles. The maximum Gasteiger partial charge on any atom is 0.435 e. The Hall–Kier alpha value is -4.15. The number of nitrogens with one attached hydrogen (secondary N) is 2. The second-order valence-corrected chi connectivity index (χ2v) is 7.39. The van der Waals surface area contributed by atoms with E-state index < -0.39 is 17.7 Å². The highest BCUT2D eigenvalue weighted by molar-refractivity contribution is 6.15. The highest BCUT2D eigenvalue weighted by Crippen LogP contribution is 2.39. The molecular formula is C22H17F4N7. The number of hydrogen-bond acceptors (Lipinski definition) is 5. The molecule has 0 saturated heterocycles. The third-order valence-corrected chi connectivity index (χ3v) is 5.24. The summed E-state index contributed by atoms with van der Waals surface area (Å²) < 4.78 is 55.6. The quantitative estimate of drug-likeness (QED) is 0.326. The van der Waals surface area contributed by atoms with Crippen molar-refractivity contribution in [3.05, 3.63) is 60.4 Å². The minimum Gasteiger partial charge on any atom is -0.384 e. The van der Waals surface area contributed by atoms with Crippen molar-refractivity contribution in [3.8, 4) is 16.8 Å². The summed E-state index contributed by atoms with van der Waals surface area (Å²) in [5, 5.41) is 7.74. The lowest BCUT2D eigenvalue weighted by Crippen LogP contribution is -2.08. The number of alkyl halides is 3. The van der Waals surface area contributed by atoms with Gasteiger partial charge in [0.2, 0.25) is 0 Å². The van der Waals surface area contributed by atoms with E-state index in [1.165, 1.54) is 30.7 Å². The number of hydrogen-bond donors (Lipinski definition) is 3. The van der Waals surface area contributed by atoms with Crippen LogP contribution in [-0.2, 0) is 6.18 Å². The Bertz CT molecular complexity index is 1480. The lowest BCUT2D eigenvalue weighted by atomic mass is 10.0. The van der Waals surface area contributed by atoms with Gasteiger partial charge in [-0.3, -0.25) is 0 Å². The van der Waals surface area contributed by atoms with E-state index in [1.54, 1.807) is 12.1 Å². The molecule has 0 spiro atoms. The molecule has 0 aliphatic carbocycles. The Morgan fingerprint density at radius 3 is 2.61 bits per heavy atom. The maximum absolute atomic E-state index is 14.5. The molecule has 4 N–H and O–H groups in total. The Morgan fingerprint density at radius 1 is 1.12 bits per heavy atom. The molecule has 0 atom stereocenters. The molecule has 5 rings (SSSR count). The standard InChI is InChI=1S/C22H17F4N7/c1-2-28-15-8-12(23)7-13-18-20(33-6-5-16(32-33)22(24,25)26)14(10-30-21(18)31-19(13)15)11-3-4-17(27)29-9-11/h3-10,28H,2H2,1H3,(H2,27,29)(H,30,31). The predicted octanol–water partition coefficient (Wildman–Crippen LogP) is 5.14. The summed E-state index contributed by atoms with van der Waals surface area (Å²) in [7, 11) is 0. The number of anilines is 2. The van der Waals surface area contributed by atoms with Gasteiger partial charge in [-0.15, -0.1) is 0 Å². The fourth-order valence-electron chi connectivity index (χ4n) is 3.85. The van der Waals surface area contributed by atoms with Crippen molar-refractivity contribution in [2.45, 2.75) is 13.1 Å². The van der Waals surface area contributed by atoms with Crippen molar-refractivity contribution < 1.29 is 17.6 Å². The van der Waals surface area contributed by atoms with Crippen LogP contribution in [0, 0.1) is 5.82 Å². The largest absolute Gasteiger partial charge is 0.435 e. The average Bonchev–Trinajstić information content (AvgIpc) is 3.39. The Morgan fingerprint density at radius 2 is 1.94 bits per heavy atom. The monoisotopic (exact) mass is 455 g/mol. The van der Waals surface area contributed by atoms with Gasteiger partial charge in [0, 0.05) is 41.6 Å². The van der Waals surface area contributed by atoms with Gasteiger partial charge in [0.25, 0.3) is 0 Å². The number of nitrogens with zero attached hydrogens (tertiary/aromatic N) is 4. The molecule has 4 aromatic heterocycles. The van der Waals surface area contributed by atoms with Crippen LogP contribution in [0.5, 0.6) is 0 Å². The van der Waals surface area contributed by atoms with Gasteiger partial charge in [-0.2, -0.15) is 18.3 Å². The molecule has 33 heavy (non-hydrogen) atoms. The number of halogens is 4. The molecule has 0 amide bonds. The number of rotatable bonds is 4. The van der Waals surface area contributed by atoms with Gasteiger partial charge in [-0.1, -0.05) is 0 Å². The van der Waals surface area contributed by atoms with Gasteiger partial charge in [0.1, 0.15) is 17.3 Å². The first-order chi connectivity index (χ1) is 15.8. The third kappa shape index (κ3) is 3.51. The molecule has 0 fully saturated rings. The lowest BCUT2D eigenvalue weighted by molar-refractivity contribution is -0.141. The first kappa shape index (κ1) is 20.7. The number of fused-ring (bicyclic) bond motifs is 3. The van der Waals surface area contributed by atoms with Crippen LogP contribution in [0.1, 0.15) is 12.6 Å². The summed E-state index contributed by atoms with van der Waals surface area (Å²) in [4.78, 5) is 11.7. The summed E-state index contributed by atoms with van der Waals surface area (Å²) in [6, 6.07) is 6.81. The first-order valence-electron chi connectivity index (χ1n) is 9.99. The number of nitrogens with two attached hydrogens (primary N) is 1. The van der Waals surface area contributed by atoms with Crippen molar-refractivity contribution in [2.75, 3.05) is 17.6 Å². The Labute approximate surface area is 184 Å². The number of pyridine rings is 2. The average molecular weight is 455 g/mol. The van der Waals surface area contributed by atoms with Crippen LogP contribution in [-0.4, -0.2) is 31.3 Å². The molecule has 7 nitrogen and oxygen atoms in total. The molecule has 4 heterocycles. The molecule has 0 aliphatic rings. The van der Waals surface area contributed by atoms with Crippen molar-refractivity contribution in [1.29, 1.82) is 0 Å². The van der Waals surface area contributed by atoms with E-state index in [2.05, 4.69) is 25.4 Å². The summed E-state index contributed by atoms with van der Waals surface area (Å²) in [5.41, 5.74) is 7.45. The summed E-state index contributed by atoms with van der Waals surface area (Å²) in [5.74, 6) is -0.210. The van der Waals surface area contributed by atoms with E-state index in [0.717, 1.165) is 10.7 Å². The lowest BCUT2D eigenvalue weighted by Gasteiger charge is -2.12. The number of nitrogen functional groups attached to an aromatic ring is 1. The normalized spacial score (nSPS) is 12.0. The fraction of sp³-hybridized carbons (Fsp3) is 0.136. The minimum absolute atomic E-state index is 0.289. The van der Waals surface area contributed by atoms with Gasteiger partial charge >= 0.3 is 6.18 Å². The minimum atomic E-state index is -4.62. The molecule has 1 aromatic carbocycles. The van der Waals surface area contributed by atoms with Crippen molar-refractivity contribution in [2.24, 2.45) is 0 Å². The van der Waals surface area contributed by atoms with Crippen LogP contribution >= 0.6 is 0 Å². The van der Waals surface area contributed by atoms with Crippen LogP contribution in [0.25, 0.3) is 38.8 Å². The molecule has 0 unspecified atom stereocenters. The van der Waals surface area contributed by atoms with Crippen LogP contribution in [0.2, 0.25) is 0 Å². The van der Waals surface area contributed by atoms with Gasteiger partial charge in [-0.25, -0.2) is 19.0 Å². The van der Waals surface area contributed by atoms with Crippen LogP contribution in [0.15, 0.2) is 48.9 Å². The second-order valence-electron chi connectivity index (χ2n) is 7.39. The summed E-state index contributed by atoms with van der Waals surface area (Å²) >= 11 is 0. The first-order valence-corrected chi connectivity index (χ1v) is 9.99. The Kier molecular flexibility index (Phi) is 4.69. The maximum atomic E-state index is 14.5. The highest BCUT2D eigenvalue weighted by atomic mass is 19.4. The molecular weight excluding hydrogens is 438 g/mol. The summed E-state index contributed by atoms with van der Waals surface area (Å²) in [6.07, 6.45) is -0.395. The van der Waals surface area contributed by atoms with Gasteiger partial charge in [0.05, 0.1) is 22.3 Å². The van der Waals surface area contributed by atoms with E-state index in [1.807, 2.05) is 6.92 Å². The fourth-order valence-corrected chi connectivity index (χ4v) is 3.85. The zero-order valence-corrected chi connectivity index (χ0v) is 17.2. The smallest absolute Gasteiger partial charge is 0.384 e. The highest BCUT2D eigenvalue weighted by Gasteiger charge is 2.34. The van der Waals surface area contributed by atoms with Gasteiger partial charge < -0.3 is 16.0 Å². The van der Waals surface area contributed by atoms with E-state index in [4.69, 9.17) is 5.73 Å². The van der Waals surface area contributed by atoms with Crippen molar-refractivity contribution in [3.63, 3.8) is 0 Å². The predicted molar refractivity (Wildman–Crippen MR) is 117 cm³/mol. The number of aromatic nitrogens is 5. The van der Waals surface area contributed by atoms with Gasteiger partial charge in [0.15, 0.2) is 5.69 Å². The van der Waals surface area contributed by atoms with Gasteiger partial charge in [-0.05, 0) is 37.3 Å². The van der Waals surface area contributed by atoms with E-state index in [-0.39, 0.29) is 5.82 Å². The van der Waals surface area contributed by atoms with E-state index in [9.17, 15) is 17.6 Å². The molecule has 11 heteroatoms. The molecule has 168 valence electrons. The molecule has 5 aromatic rings.